The topological polar surface area (TPSA) is 97.9 Å². The number of hydrogen-bond donors (Lipinski definition) is 4. The first-order chi connectivity index (χ1) is 20.1. The lowest BCUT2D eigenvalue weighted by Crippen LogP contribution is -2.30. The number of aromatic nitrogens is 1. The van der Waals surface area contributed by atoms with E-state index >= 15 is 0 Å². The smallest absolute Gasteiger partial charge is 0.135 e. The number of furan rings is 1. The van der Waals surface area contributed by atoms with Gasteiger partial charge in [-0.2, -0.15) is 0 Å². The van der Waals surface area contributed by atoms with E-state index in [0.717, 1.165) is 87.9 Å². The second-order valence-corrected chi connectivity index (χ2v) is 9.36. The molecule has 0 bridgehead atoms. The Morgan fingerprint density at radius 2 is 1.63 bits per heavy atom. The molecular weight excluding hydrogens is 510 g/mol. The van der Waals surface area contributed by atoms with Crippen molar-refractivity contribution < 1.29 is 9.52 Å². The summed E-state index contributed by atoms with van der Waals surface area (Å²) in [6.45, 7) is 10.7. The highest BCUT2D eigenvalue weighted by Crippen LogP contribution is 2.31. The van der Waals surface area contributed by atoms with Gasteiger partial charge < -0.3 is 25.1 Å². The van der Waals surface area contributed by atoms with Crippen molar-refractivity contribution in [2.24, 2.45) is 9.98 Å². The second-order valence-electron chi connectivity index (χ2n) is 9.36. The summed E-state index contributed by atoms with van der Waals surface area (Å²) < 4.78 is 6.22. The third-order valence-electron chi connectivity index (χ3n) is 6.63. The van der Waals surface area contributed by atoms with Crippen LogP contribution in [0.5, 0.6) is 0 Å². The van der Waals surface area contributed by atoms with Gasteiger partial charge in [-0.1, -0.05) is 62.4 Å². The van der Waals surface area contributed by atoms with E-state index in [1.165, 1.54) is 5.39 Å². The average molecular weight is 552 g/mol. The van der Waals surface area contributed by atoms with Gasteiger partial charge in [-0.25, -0.2) is 0 Å². The van der Waals surface area contributed by atoms with Crippen LogP contribution in [-0.2, 0) is 0 Å². The van der Waals surface area contributed by atoms with Crippen LogP contribution in [0.1, 0.15) is 45.2 Å². The Balaban J connectivity index is 0.000000728. The summed E-state index contributed by atoms with van der Waals surface area (Å²) in [5.74, 6) is 2.71. The number of hydrogen-bond acceptors (Lipinski definition) is 5. The molecule has 0 atom stereocenters. The van der Waals surface area contributed by atoms with Crippen molar-refractivity contribution in [1.82, 2.24) is 15.6 Å². The Kier molecular flexibility index (Phi) is 10.3. The highest BCUT2D eigenvalue weighted by molar-refractivity contribution is 6.03. The lowest BCUT2D eigenvalue weighted by atomic mass is 10.1. The Hall–Kier alpha value is -4.36. The minimum atomic E-state index is 0.250. The maximum atomic E-state index is 7.57. The summed E-state index contributed by atoms with van der Waals surface area (Å²) in [5.41, 5.74) is 7.40. The number of fused-ring (bicyclic) bond motifs is 2. The van der Waals surface area contributed by atoms with Gasteiger partial charge in [0, 0.05) is 72.0 Å². The van der Waals surface area contributed by atoms with E-state index in [0.29, 0.717) is 0 Å². The number of aliphatic imine (C=N–C) groups is 2. The van der Waals surface area contributed by atoms with Crippen LogP contribution in [-0.4, -0.2) is 55.1 Å². The van der Waals surface area contributed by atoms with Gasteiger partial charge in [0.05, 0.1) is 0 Å². The molecule has 0 saturated carbocycles. The molecule has 41 heavy (non-hydrogen) atoms. The Bertz CT molecular complexity index is 1630. The lowest BCUT2D eigenvalue weighted by molar-refractivity contribution is 0.318. The van der Waals surface area contributed by atoms with Crippen LogP contribution >= 0.6 is 0 Å². The molecular formula is C34H41N5O2. The first-order valence-electron chi connectivity index (χ1n) is 14.5. The molecule has 1 aliphatic heterocycles. The highest BCUT2D eigenvalue weighted by Gasteiger charge is 2.12. The summed E-state index contributed by atoms with van der Waals surface area (Å²) in [6.07, 6.45) is 1.09. The van der Waals surface area contributed by atoms with Crippen molar-refractivity contribution in [1.29, 1.82) is 0 Å². The van der Waals surface area contributed by atoms with Crippen LogP contribution in [0.2, 0.25) is 0 Å². The van der Waals surface area contributed by atoms with Gasteiger partial charge in [0.25, 0.3) is 0 Å². The lowest BCUT2D eigenvalue weighted by Gasteiger charge is -2.14. The summed E-state index contributed by atoms with van der Waals surface area (Å²) in [5, 5.41) is 16.5. The monoisotopic (exact) mass is 551 g/mol. The molecule has 6 rings (SSSR count). The predicted octanol–water partition coefficient (Wildman–Crippen LogP) is 7.00. The fourth-order valence-corrected chi connectivity index (χ4v) is 4.77. The van der Waals surface area contributed by atoms with E-state index in [9.17, 15) is 0 Å². The molecule has 7 nitrogen and oxygen atoms in total. The van der Waals surface area contributed by atoms with Crippen molar-refractivity contribution in [3.63, 3.8) is 0 Å². The molecule has 0 fully saturated rings. The summed E-state index contributed by atoms with van der Waals surface area (Å²) >= 11 is 0. The SMILES string of the molecule is CC.CCNC(=NC)c1ccc2cc(-c3ccc(-c4cc5ccc(C6=NCCCN6)cc5[nH]4)cc3)oc2c1.CCO. The van der Waals surface area contributed by atoms with Crippen LogP contribution < -0.4 is 10.6 Å². The first-order valence-corrected chi connectivity index (χ1v) is 14.5. The van der Waals surface area contributed by atoms with E-state index in [2.05, 4.69) is 99.3 Å². The molecule has 0 aliphatic carbocycles. The zero-order chi connectivity index (χ0) is 29.2. The Labute approximate surface area is 242 Å². The molecule has 3 aromatic carbocycles. The number of nitrogens with zero attached hydrogens (tertiary/aromatic N) is 2. The molecule has 5 aromatic rings. The van der Waals surface area contributed by atoms with Crippen LogP contribution in [0.4, 0.5) is 0 Å². The fourth-order valence-electron chi connectivity index (χ4n) is 4.77. The number of aliphatic hydroxyl groups excluding tert-OH is 1. The number of nitrogens with one attached hydrogen (secondary N) is 3. The zero-order valence-electron chi connectivity index (χ0n) is 24.7. The van der Waals surface area contributed by atoms with Crippen LogP contribution in [0.25, 0.3) is 44.5 Å². The normalized spacial score (nSPS) is 13.0. The summed E-state index contributed by atoms with van der Waals surface area (Å²) in [7, 11) is 1.80. The van der Waals surface area contributed by atoms with Crippen molar-refractivity contribution in [3.8, 4) is 22.6 Å². The number of aromatic amines is 1. The standard InChI is InChI=1S/C30H29N5O.C2H6O.C2H6/c1-3-32-29(31-2)24-12-10-22-17-27(36-28(22)18-24)20-7-5-19(6-8-20)25-15-21-9-11-23(16-26(21)35-25)30-33-13-4-14-34-30;1-2-3;1-2/h5-12,15-18,35H,3-4,13-14H2,1-2H3,(H,31,32)(H,33,34);3H,2H2,1H3;1-2H3. The maximum absolute atomic E-state index is 7.57. The molecule has 0 unspecified atom stereocenters. The predicted molar refractivity (Wildman–Crippen MR) is 173 cm³/mol. The van der Waals surface area contributed by atoms with Crippen molar-refractivity contribution >= 4 is 33.5 Å². The van der Waals surface area contributed by atoms with Crippen molar-refractivity contribution in [2.45, 2.75) is 34.1 Å². The van der Waals surface area contributed by atoms with Gasteiger partial charge in [-0.15, -0.1) is 0 Å². The third kappa shape index (κ3) is 6.87. The first kappa shape index (κ1) is 29.6. The summed E-state index contributed by atoms with van der Waals surface area (Å²) in [6, 6.07) is 25.5. The van der Waals surface area contributed by atoms with E-state index in [1.54, 1.807) is 14.0 Å². The van der Waals surface area contributed by atoms with Crippen molar-refractivity contribution in [3.05, 3.63) is 83.9 Å². The second kappa shape index (κ2) is 14.3. The number of aliphatic hydroxyl groups is 1. The molecule has 0 amide bonds. The van der Waals surface area contributed by atoms with Gasteiger partial charge >= 0.3 is 0 Å². The minimum Gasteiger partial charge on any atom is -0.456 e. The molecule has 7 heteroatoms. The van der Waals surface area contributed by atoms with Gasteiger partial charge in [-0.3, -0.25) is 9.98 Å². The number of H-pyrrole nitrogens is 1. The largest absolute Gasteiger partial charge is 0.456 e. The van der Waals surface area contributed by atoms with Gasteiger partial charge in [0.15, 0.2) is 0 Å². The van der Waals surface area contributed by atoms with Crippen LogP contribution in [0, 0.1) is 0 Å². The average Bonchev–Trinajstić information content (AvgIpc) is 3.65. The van der Waals surface area contributed by atoms with Crippen LogP contribution in [0.15, 0.2) is 87.2 Å². The van der Waals surface area contributed by atoms with Gasteiger partial charge in [0.2, 0.25) is 0 Å². The Morgan fingerprint density at radius 3 is 2.32 bits per heavy atom. The molecule has 1 aliphatic rings. The highest BCUT2D eigenvalue weighted by atomic mass is 16.3. The molecule has 2 aromatic heterocycles. The molecule has 0 saturated heterocycles. The van der Waals surface area contributed by atoms with E-state index in [-0.39, 0.29) is 6.61 Å². The third-order valence-corrected chi connectivity index (χ3v) is 6.63. The quantitative estimate of drug-likeness (QED) is 0.140. The molecule has 214 valence electrons. The number of rotatable bonds is 5. The van der Waals surface area contributed by atoms with E-state index in [1.807, 2.05) is 19.9 Å². The summed E-state index contributed by atoms with van der Waals surface area (Å²) in [4.78, 5) is 12.6. The number of amidine groups is 2. The fraction of sp³-hybridized carbons (Fsp3) is 0.294. The molecule has 0 radical (unpaired) electrons. The maximum Gasteiger partial charge on any atom is 0.135 e. The van der Waals surface area contributed by atoms with Gasteiger partial charge in [-0.05, 0) is 50.1 Å². The molecule has 3 heterocycles. The van der Waals surface area contributed by atoms with Crippen LogP contribution in [0.3, 0.4) is 0 Å². The minimum absolute atomic E-state index is 0.250. The Morgan fingerprint density at radius 1 is 0.927 bits per heavy atom. The van der Waals surface area contributed by atoms with Crippen molar-refractivity contribution in [2.75, 3.05) is 33.3 Å². The molecule has 0 spiro atoms. The zero-order valence-corrected chi connectivity index (χ0v) is 24.7. The van der Waals surface area contributed by atoms with E-state index in [4.69, 9.17) is 9.52 Å². The van der Waals surface area contributed by atoms with E-state index < -0.39 is 0 Å². The number of benzene rings is 3. The molecule has 4 N–H and O–H groups in total. The van der Waals surface area contributed by atoms with Gasteiger partial charge in [0.1, 0.15) is 23.0 Å².